The molecule has 0 spiro atoms. The Morgan fingerprint density at radius 3 is 2.56 bits per heavy atom. The van der Waals surface area contributed by atoms with Gasteiger partial charge in [0.2, 0.25) is 5.91 Å². The highest BCUT2D eigenvalue weighted by molar-refractivity contribution is 6.09. The van der Waals surface area contributed by atoms with E-state index in [4.69, 9.17) is 0 Å². The lowest BCUT2D eigenvalue weighted by Crippen LogP contribution is -2.45. The molecule has 4 amide bonds. The normalized spacial score (nSPS) is 23.4. The van der Waals surface area contributed by atoms with Crippen LogP contribution in [0.2, 0.25) is 0 Å². The number of nitrogens with one attached hydrogen (secondary N) is 2. The molecule has 1 aromatic rings. The first kappa shape index (κ1) is 19.4. The van der Waals surface area contributed by atoms with E-state index in [1.54, 1.807) is 0 Å². The molecule has 6 nitrogen and oxygen atoms in total. The maximum absolute atomic E-state index is 13.1. The molecule has 0 unspecified atom stereocenters. The maximum atomic E-state index is 13.1. The predicted molar refractivity (Wildman–Crippen MR) is 103 cm³/mol. The molecular formula is C21H29N3O3. The highest BCUT2D eigenvalue weighted by atomic mass is 16.2. The van der Waals surface area contributed by atoms with Gasteiger partial charge in [-0.3, -0.25) is 14.5 Å². The molecule has 1 atom stereocenters. The lowest BCUT2D eigenvalue weighted by atomic mass is 9.85. The van der Waals surface area contributed by atoms with E-state index < -0.39 is 11.6 Å². The molecule has 1 heterocycles. The number of urea groups is 1. The number of nitrogens with zero attached hydrogens (tertiary/aromatic N) is 1. The molecule has 0 radical (unpaired) electrons. The molecule has 27 heavy (non-hydrogen) atoms. The van der Waals surface area contributed by atoms with Crippen LogP contribution in [-0.4, -0.2) is 35.8 Å². The van der Waals surface area contributed by atoms with Crippen LogP contribution in [0.1, 0.15) is 57.4 Å². The lowest BCUT2D eigenvalue weighted by Gasteiger charge is -2.27. The van der Waals surface area contributed by atoms with Crippen molar-refractivity contribution in [3.63, 3.8) is 0 Å². The summed E-state index contributed by atoms with van der Waals surface area (Å²) in [5, 5.41) is 5.76. The first-order valence-corrected chi connectivity index (χ1v) is 10.0. The molecule has 1 aliphatic carbocycles. The van der Waals surface area contributed by atoms with Crippen LogP contribution in [0, 0.1) is 5.92 Å². The van der Waals surface area contributed by atoms with Gasteiger partial charge in [-0.05, 0) is 30.7 Å². The van der Waals surface area contributed by atoms with E-state index in [9.17, 15) is 14.4 Å². The smallest absolute Gasteiger partial charge is 0.325 e. The molecule has 2 aliphatic rings. The third-order valence-electron chi connectivity index (χ3n) is 5.68. The molecule has 0 aromatic heterocycles. The number of carbonyl (C=O) groups is 3. The molecular weight excluding hydrogens is 342 g/mol. The van der Waals surface area contributed by atoms with Crippen molar-refractivity contribution in [3.8, 4) is 0 Å². The molecule has 146 valence electrons. The fourth-order valence-electron chi connectivity index (χ4n) is 4.23. The summed E-state index contributed by atoms with van der Waals surface area (Å²) in [5.74, 6) is -0.105. The fraction of sp³-hybridized carbons (Fsp3) is 0.571. The van der Waals surface area contributed by atoms with Gasteiger partial charge >= 0.3 is 6.03 Å². The molecule has 3 rings (SSSR count). The SMILES string of the molecule is CCC[C@@]1(c2ccccc2)NC(=O)N(CC(=O)NCC2CCCCC2)C1=O. The minimum absolute atomic E-state index is 0.227. The number of benzene rings is 1. The van der Waals surface area contributed by atoms with Crippen molar-refractivity contribution in [1.82, 2.24) is 15.5 Å². The summed E-state index contributed by atoms with van der Waals surface area (Å²) in [6.45, 7) is 2.38. The van der Waals surface area contributed by atoms with Gasteiger partial charge in [-0.15, -0.1) is 0 Å². The van der Waals surface area contributed by atoms with Crippen molar-refractivity contribution in [2.75, 3.05) is 13.1 Å². The maximum Gasteiger partial charge on any atom is 0.325 e. The third kappa shape index (κ3) is 4.15. The topological polar surface area (TPSA) is 78.5 Å². The van der Waals surface area contributed by atoms with Crippen molar-refractivity contribution in [2.45, 2.75) is 57.4 Å². The summed E-state index contributed by atoms with van der Waals surface area (Å²) in [4.78, 5) is 39.0. The number of hydrogen-bond donors (Lipinski definition) is 2. The Morgan fingerprint density at radius 2 is 1.89 bits per heavy atom. The van der Waals surface area contributed by atoms with Crippen molar-refractivity contribution in [2.24, 2.45) is 5.92 Å². The van der Waals surface area contributed by atoms with Crippen LogP contribution >= 0.6 is 0 Å². The zero-order valence-electron chi connectivity index (χ0n) is 16.0. The zero-order chi connectivity index (χ0) is 19.3. The van der Waals surface area contributed by atoms with Crippen LogP contribution in [0.5, 0.6) is 0 Å². The number of carbonyl (C=O) groups excluding carboxylic acids is 3. The molecule has 1 saturated carbocycles. The van der Waals surface area contributed by atoms with Gasteiger partial charge < -0.3 is 10.6 Å². The van der Waals surface area contributed by atoms with Gasteiger partial charge in [0.15, 0.2) is 0 Å². The number of hydrogen-bond acceptors (Lipinski definition) is 3. The Bertz CT molecular complexity index is 685. The Kier molecular flexibility index (Phi) is 6.14. The van der Waals surface area contributed by atoms with Gasteiger partial charge in [0.1, 0.15) is 12.1 Å². The zero-order valence-corrected chi connectivity index (χ0v) is 16.0. The molecule has 1 aliphatic heterocycles. The van der Waals surface area contributed by atoms with Crippen LogP contribution in [0.3, 0.4) is 0 Å². The fourth-order valence-corrected chi connectivity index (χ4v) is 4.23. The van der Waals surface area contributed by atoms with Gasteiger partial charge in [-0.1, -0.05) is 62.9 Å². The summed E-state index contributed by atoms with van der Waals surface area (Å²) in [6.07, 6.45) is 7.21. The second-order valence-corrected chi connectivity index (χ2v) is 7.65. The minimum Gasteiger partial charge on any atom is -0.354 e. The monoisotopic (exact) mass is 371 g/mol. The molecule has 2 N–H and O–H groups in total. The van der Waals surface area contributed by atoms with Gasteiger partial charge in [-0.2, -0.15) is 0 Å². The van der Waals surface area contributed by atoms with E-state index >= 15 is 0 Å². The van der Waals surface area contributed by atoms with E-state index in [1.807, 2.05) is 37.3 Å². The van der Waals surface area contributed by atoms with E-state index in [2.05, 4.69) is 10.6 Å². The summed E-state index contributed by atoms with van der Waals surface area (Å²) in [7, 11) is 0. The van der Waals surface area contributed by atoms with Crippen LogP contribution in [-0.2, 0) is 15.1 Å². The van der Waals surface area contributed by atoms with Crippen molar-refractivity contribution >= 4 is 17.8 Å². The molecule has 0 bridgehead atoms. The lowest BCUT2D eigenvalue weighted by molar-refractivity contribution is -0.135. The first-order chi connectivity index (χ1) is 13.1. The number of amides is 4. The highest BCUT2D eigenvalue weighted by Gasteiger charge is 2.52. The molecule has 6 heteroatoms. The Labute approximate surface area is 160 Å². The average Bonchev–Trinajstić information content (AvgIpc) is 2.93. The van der Waals surface area contributed by atoms with Crippen molar-refractivity contribution in [1.29, 1.82) is 0 Å². The second kappa shape index (κ2) is 8.55. The van der Waals surface area contributed by atoms with Gasteiger partial charge in [0.05, 0.1) is 0 Å². The number of imide groups is 1. The third-order valence-corrected chi connectivity index (χ3v) is 5.68. The highest BCUT2D eigenvalue weighted by Crippen LogP contribution is 2.33. The molecule has 1 saturated heterocycles. The Hall–Kier alpha value is -2.37. The quantitative estimate of drug-likeness (QED) is 0.724. The van der Waals surface area contributed by atoms with Crippen LogP contribution in [0.25, 0.3) is 0 Å². The number of rotatable bonds is 7. The van der Waals surface area contributed by atoms with Crippen LogP contribution in [0.15, 0.2) is 30.3 Å². The Balaban J connectivity index is 1.66. The Morgan fingerprint density at radius 1 is 1.19 bits per heavy atom. The summed E-state index contributed by atoms with van der Waals surface area (Å²) in [5.41, 5.74) is -0.313. The molecule has 1 aromatic carbocycles. The van der Waals surface area contributed by atoms with Crippen molar-refractivity contribution < 1.29 is 14.4 Å². The summed E-state index contributed by atoms with van der Waals surface area (Å²) >= 11 is 0. The van der Waals surface area contributed by atoms with Gasteiger partial charge in [-0.25, -0.2) is 4.79 Å². The van der Waals surface area contributed by atoms with Crippen molar-refractivity contribution in [3.05, 3.63) is 35.9 Å². The van der Waals surface area contributed by atoms with E-state index in [0.717, 1.165) is 29.7 Å². The first-order valence-electron chi connectivity index (χ1n) is 10.0. The van der Waals surface area contributed by atoms with Crippen LogP contribution in [0.4, 0.5) is 4.79 Å². The largest absolute Gasteiger partial charge is 0.354 e. The summed E-state index contributed by atoms with van der Waals surface area (Å²) < 4.78 is 0. The van der Waals surface area contributed by atoms with E-state index in [1.165, 1.54) is 19.3 Å². The standard InChI is InChI=1S/C21H29N3O3/c1-2-13-21(17-11-7-4-8-12-17)19(26)24(20(27)23-21)15-18(25)22-14-16-9-5-3-6-10-16/h4,7-8,11-12,16H,2-3,5-6,9-10,13-15H2,1H3,(H,22,25)(H,23,27)/t21-/m0/s1. The molecule has 2 fully saturated rings. The minimum atomic E-state index is -1.07. The summed E-state index contributed by atoms with van der Waals surface area (Å²) in [6, 6.07) is 8.78. The van der Waals surface area contributed by atoms with E-state index in [0.29, 0.717) is 18.9 Å². The van der Waals surface area contributed by atoms with Gasteiger partial charge in [0, 0.05) is 6.54 Å². The van der Waals surface area contributed by atoms with Gasteiger partial charge in [0.25, 0.3) is 5.91 Å². The van der Waals surface area contributed by atoms with Crippen LogP contribution < -0.4 is 10.6 Å². The predicted octanol–water partition coefficient (Wildman–Crippen LogP) is 2.93. The second-order valence-electron chi connectivity index (χ2n) is 7.65. The van der Waals surface area contributed by atoms with E-state index in [-0.39, 0.29) is 18.4 Å². The average molecular weight is 371 g/mol.